The molecule has 0 unspecified atom stereocenters. The molecule has 0 atom stereocenters. The highest BCUT2D eigenvalue weighted by Gasteiger charge is 2.31. The van der Waals surface area contributed by atoms with Crippen molar-refractivity contribution < 1.29 is 17.9 Å². The Kier molecular flexibility index (Phi) is 5.17. The van der Waals surface area contributed by atoms with Crippen molar-refractivity contribution >= 4 is 38.9 Å². The molecule has 1 heterocycles. The molecule has 1 aromatic carbocycles. The molecule has 0 saturated heterocycles. The van der Waals surface area contributed by atoms with E-state index in [-0.39, 0.29) is 20.9 Å². The van der Waals surface area contributed by atoms with Crippen LogP contribution in [0.3, 0.4) is 0 Å². The predicted octanol–water partition coefficient (Wildman–Crippen LogP) is 3.51. The Hall–Kier alpha value is -1.51. The van der Waals surface area contributed by atoms with Crippen LogP contribution >= 0.6 is 23.1 Å². The third-order valence-corrected chi connectivity index (χ3v) is 7.08. The molecular weight excluding hydrogens is 372 g/mol. The van der Waals surface area contributed by atoms with Crippen LogP contribution in [0.1, 0.15) is 42.6 Å². The summed E-state index contributed by atoms with van der Waals surface area (Å²) in [5.74, 6) is -0.733. The maximum absolute atomic E-state index is 12.7. The van der Waals surface area contributed by atoms with Crippen molar-refractivity contribution in [3.8, 4) is 0 Å². The fraction of sp³-hybridized carbons (Fsp3) is 0.400. The van der Waals surface area contributed by atoms with Crippen LogP contribution in [-0.4, -0.2) is 30.1 Å². The van der Waals surface area contributed by atoms with Gasteiger partial charge in [-0.05, 0) is 49.9 Å². The van der Waals surface area contributed by atoms with Gasteiger partial charge in [0.05, 0.1) is 4.90 Å². The topological polar surface area (TPSA) is 86.2 Å². The second kappa shape index (κ2) is 7.16. The summed E-state index contributed by atoms with van der Waals surface area (Å²) in [6.07, 6.45) is 4.54. The van der Waals surface area contributed by atoms with Gasteiger partial charge in [0, 0.05) is 16.6 Å². The van der Waals surface area contributed by atoms with E-state index in [2.05, 4.69) is 9.59 Å². The Morgan fingerprint density at radius 1 is 1.17 bits per heavy atom. The number of halogens is 1. The van der Waals surface area contributed by atoms with Crippen molar-refractivity contribution in [2.24, 2.45) is 0 Å². The predicted molar refractivity (Wildman–Crippen MR) is 89.1 cm³/mol. The molecule has 0 bridgehead atoms. The first-order valence-corrected chi connectivity index (χ1v) is 10.2. The highest BCUT2D eigenvalue weighted by Crippen LogP contribution is 2.28. The Morgan fingerprint density at radius 3 is 2.50 bits per heavy atom. The third kappa shape index (κ3) is 3.60. The molecule has 2 aromatic rings. The average Bonchev–Trinajstić information content (AvgIpc) is 3.07. The Balaban J connectivity index is 1.86. The van der Waals surface area contributed by atoms with Gasteiger partial charge in [-0.15, -0.1) is 5.10 Å². The van der Waals surface area contributed by atoms with E-state index in [1.807, 2.05) is 0 Å². The minimum atomic E-state index is -3.89. The monoisotopic (exact) mass is 386 g/mol. The van der Waals surface area contributed by atoms with Crippen molar-refractivity contribution in [3.63, 3.8) is 0 Å². The second-order valence-corrected chi connectivity index (χ2v) is 8.87. The van der Waals surface area contributed by atoms with Gasteiger partial charge in [0.15, 0.2) is 4.21 Å². The SMILES string of the molecule is O=C(OC1CCCCC1)c1nnsc1S(=O)(=O)c1ccc(Cl)cc1. The lowest BCUT2D eigenvalue weighted by Crippen LogP contribution is -2.22. The van der Waals surface area contributed by atoms with Gasteiger partial charge in [-0.2, -0.15) is 0 Å². The van der Waals surface area contributed by atoms with E-state index < -0.39 is 15.8 Å². The highest BCUT2D eigenvalue weighted by molar-refractivity contribution is 7.93. The fourth-order valence-electron chi connectivity index (χ4n) is 2.59. The van der Waals surface area contributed by atoms with E-state index in [0.717, 1.165) is 32.1 Å². The number of aromatic nitrogens is 2. The lowest BCUT2D eigenvalue weighted by Gasteiger charge is -2.21. The van der Waals surface area contributed by atoms with Crippen LogP contribution in [0.2, 0.25) is 5.02 Å². The molecule has 0 spiro atoms. The molecule has 0 amide bonds. The minimum Gasteiger partial charge on any atom is -0.458 e. The highest BCUT2D eigenvalue weighted by atomic mass is 35.5. The van der Waals surface area contributed by atoms with Crippen LogP contribution in [0.5, 0.6) is 0 Å². The van der Waals surface area contributed by atoms with E-state index in [1.54, 1.807) is 0 Å². The Labute approximate surface area is 148 Å². The first kappa shape index (κ1) is 17.3. The zero-order valence-electron chi connectivity index (χ0n) is 12.6. The van der Waals surface area contributed by atoms with Gasteiger partial charge in [-0.25, -0.2) is 13.2 Å². The second-order valence-electron chi connectivity index (χ2n) is 5.53. The number of benzene rings is 1. The molecule has 0 N–H and O–H groups in total. The summed E-state index contributed by atoms with van der Waals surface area (Å²) in [5.41, 5.74) is -0.250. The lowest BCUT2D eigenvalue weighted by molar-refractivity contribution is 0.0200. The number of hydrogen-bond donors (Lipinski definition) is 0. The van der Waals surface area contributed by atoms with Gasteiger partial charge in [-0.1, -0.05) is 22.5 Å². The number of hydrogen-bond acceptors (Lipinski definition) is 7. The molecular formula is C15H15ClN2O4S2. The minimum absolute atomic E-state index is 0.0321. The molecule has 3 rings (SSSR count). The van der Waals surface area contributed by atoms with Gasteiger partial charge < -0.3 is 4.74 Å². The van der Waals surface area contributed by atoms with Gasteiger partial charge in [0.1, 0.15) is 6.10 Å². The van der Waals surface area contributed by atoms with E-state index in [0.29, 0.717) is 16.6 Å². The molecule has 9 heteroatoms. The normalized spacial score (nSPS) is 16.0. The molecule has 1 fully saturated rings. The Morgan fingerprint density at radius 2 is 1.83 bits per heavy atom. The van der Waals surface area contributed by atoms with Crippen LogP contribution in [-0.2, 0) is 14.6 Å². The first-order valence-electron chi connectivity index (χ1n) is 7.52. The smallest absolute Gasteiger partial charge is 0.361 e. The molecule has 24 heavy (non-hydrogen) atoms. The number of ether oxygens (including phenoxy) is 1. The number of sulfone groups is 1. The van der Waals surface area contributed by atoms with Crippen LogP contribution in [0.25, 0.3) is 0 Å². The molecule has 128 valence electrons. The third-order valence-electron chi connectivity index (χ3n) is 3.85. The largest absolute Gasteiger partial charge is 0.458 e. The van der Waals surface area contributed by atoms with E-state index in [1.165, 1.54) is 24.3 Å². The lowest BCUT2D eigenvalue weighted by atomic mass is 9.98. The van der Waals surface area contributed by atoms with Gasteiger partial charge in [-0.3, -0.25) is 0 Å². The summed E-state index contributed by atoms with van der Waals surface area (Å²) in [6, 6.07) is 5.72. The van der Waals surface area contributed by atoms with Crippen molar-refractivity contribution in [3.05, 3.63) is 35.0 Å². The van der Waals surface area contributed by atoms with E-state index in [4.69, 9.17) is 16.3 Å². The van der Waals surface area contributed by atoms with Crippen LogP contribution < -0.4 is 0 Å². The number of carbonyl (C=O) groups is 1. The van der Waals surface area contributed by atoms with Crippen molar-refractivity contribution in [1.29, 1.82) is 0 Å². The molecule has 0 aliphatic heterocycles. The Bertz CT molecular complexity index is 827. The van der Waals surface area contributed by atoms with Crippen LogP contribution in [0.15, 0.2) is 33.4 Å². The summed E-state index contributed by atoms with van der Waals surface area (Å²) >= 11 is 6.45. The standard InChI is InChI=1S/C15H15ClN2O4S2/c16-10-6-8-12(9-7-10)24(20,21)15-13(17-18-23-15)14(19)22-11-4-2-1-3-5-11/h6-9,11H,1-5H2. The summed E-state index contributed by atoms with van der Waals surface area (Å²) in [5, 5.41) is 4.10. The van der Waals surface area contributed by atoms with Gasteiger partial charge in [0.25, 0.3) is 0 Å². The molecule has 1 saturated carbocycles. The summed E-state index contributed by atoms with van der Waals surface area (Å²) < 4.78 is 34.2. The molecule has 6 nitrogen and oxygen atoms in total. The maximum atomic E-state index is 12.7. The van der Waals surface area contributed by atoms with Crippen LogP contribution in [0.4, 0.5) is 0 Å². The van der Waals surface area contributed by atoms with E-state index >= 15 is 0 Å². The molecule has 1 aliphatic carbocycles. The van der Waals surface area contributed by atoms with Crippen molar-refractivity contribution in [2.45, 2.75) is 47.3 Å². The number of esters is 1. The van der Waals surface area contributed by atoms with Gasteiger partial charge >= 0.3 is 5.97 Å². The summed E-state index contributed by atoms with van der Waals surface area (Å²) in [7, 11) is -3.89. The van der Waals surface area contributed by atoms with Crippen molar-refractivity contribution in [1.82, 2.24) is 9.59 Å². The summed E-state index contributed by atoms with van der Waals surface area (Å²) in [4.78, 5) is 12.4. The quantitative estimate of drug-likeness (QED) is 0.747. The van der Waals surface area contributed by atoms with Crippen LogP contribution in [0, 0.1) is 0 Å². The zero-order chi connectivity index (χ0) is 17.2. The van der Waals surface area contributed by atoms with E-state index in [9.17, 15) is 13.2 Å². The molecule has 0 radical (unpaired) electrons. The van der Waals surface area contributed by atoms with Gasteiger partial charge in [0.2, 0.25) is 15.5 Å². The van der Waals surface area contributed by atoms with Crippen molar-refractivity contribution in [2.75, 3.05) is 0 Å². The maximum Gasteiger partial charge on any atom is 0.361 e. The number of nitrogens with zero attached hydrogens (tertiary/aromatic N) is 2. The average molecular weight is 387 g/mol. The fourth-order valence-corrected chi connectivity index (χ4v) is 5.00. The molecule has 1 aliphatic rings. The number of rotatable bonds is 4. The zero-order valence-corrected chi connectivity index (χ0v) is 15.0. The summed E-state index contributed by atoms with van der Waals surface area (Å²) in [6.45, 7) is 0. The number of carbonyl (C=O) groups excluding carboxylic acids is 1. The molecule has 1 aromatic heterocycles. The first-order chi connectivity index (χ1) is 11.5.